The molecular weight excluding hydrogens is 482 g/mol. The Morgan fingerprint density at radius 2 is 0.447 bits per heavy atom. The average molecular weight is 558 g/mol. The van der Waals surface area contributed by atoms with Crippen LogP contribution in [0.2, 0.25) is 0 Å². The zero-order valence-electron chi connectivity index (χ0n) is 27.5. The SMILES string of the molecule is CCCCCCCCCCCCCCCCCC[N+](CC)(CCCCCCCC)CCCCCCCC.[Cl-]. The lowest BCUT2D eigenvalue weighted by Gasteiger charge is -2.38. The van der Waals surface area contributed by atoms with Gasteiger partial charge < -0.3 is 16.9 Å². The molecular formula is C36H76ClN. The zero-order valence-corrected chi connectivity index (χ0v) is 28.2. The molecule has 0 spiro atoms. The molecule has 0 fully saturated rings. The van der Waals surface area contributed by atoms with Crippen molar-refractivity contribution in [3.63, 3.8) is 0 Å². The monoisotopic (exact) mass is 558 g/mol. The molecule has 0 radical (unpaired) electrons. The predicted molar refractivity (Wildman–Crippen MR) is 172 cm³/mol. The second-order valence-corrected chi connectivity index (χ2v) is 12.7. The first-order valence-electron chi connectivity index (χ1n) is 18.1. The first-order valence-corrected chi connectivity index (χ1v) is 18.1. The number of unbranched alkanes of at least 4 members (excludes halogenated alkanes) is 25. The van der Waals surface area contributed by atoms with Crippen molar-refractivity contribution in [3.8, 4) is 0 Å². The highest BCUT2D eigenvalue weighted by atomic mass is 35.5. The lowest BCUT2D eigenvalue weighted by atomic mass is 10.0. The van der Waals surface area contributed by atoms with Gasteiger partial charge in [-0.15, -0.1) is 0 Å². The lowest BCUT2D eigenvalue weighted by molar-refractivity contribution is -0.927. The first kappa shape index (κ1) is 40.4. The van der Waals surface area contributed by atoms with Crippen molar-refractivity contribution in [1.29, 1.82) is 0 Å². The molecule has 2 heteroatoms. The fourth-order valence-corrected chi connectivity index (χ4v) is 6.26. The molecule has 0 unspecified atom stereocenters. The van der Waals surface area contributed by atoms with Crippen molar-refractivity contribution in [2.24, 2.45) is 0 Å². The quantitative estimate of drug-likeness (QED) is 0.0570. The highest BCUT2D eigenvalue weighted by Crippen LogP contribution is 2.19. The van der Waals surface area contributed by atoms with E-state index in [4.69, 9.17) is 0 Å². The maximum Gasteiger partial charge on any atom is 0.0786 e. The Morgan fingerprint density at radius 3 is 0.632 bits per heavy atom. The summed E-state index contributed by atoms with van der Waals surface area (Å²) in [7, 11) is 0. The van der Waals surface area contributed by atoms with Gasteiger partial charge in [0.15, 0.2) is 0 Å². The largest absolute Gasteiger partial charge is 1.00 e. The van der Waals surface area contributed by atoms with Gasteiger partial charge in [0.1, 0.15) is 0 Å². The van der Waals surface area contributed by atoms with E-state index in [1.54, 1.807) is 0 Å². The van der Waals surface area contributed by atoms with Crippen molar-refractivity contribution in [1.82, 2.24) is 0 Å². The molecule has 0 aromatic heterocycles. The van der Waals surface area contributed by atoms with E-state index in [1.807, 2.05) is 0 Å². The van der Waals surface area contributed by atoms with Gasteiger partial charge in [0.2, 0.25) is 0 Å². The van der Waals surface area contributed by atoms with E-state index in [2.05, 4.69) is 27.7 Å². The van der Waals surface area contributed by atoms with Crippen LogP contribution in [0.5, 0.6) is 0 Å². The summed E-state index contributed by atoms with van der Waals surface area (Å²) < 4.78 is 1.43. The van der Waals surface area contributed by atoms with Gasteiger partial charge in [-0.05, 0) is 45.4 Å². The summed E-state index contributed by atoms with van der Waals surface area (Å²) in [6, 6.07) is 0. The number of rotatable bonds is 32. The minimum atomic E-state index is 0. The fourth-order valence-electron chi connectivity index (χ4n) is 6.26. The summed E-state index contributed by atoms with van der Waals surface area (Å²) in [4.78, 5) is 0. The van der Waals surface area contributed by atoms with E-state index >= 15 is 0 Å². The summed E-state index contributed by atoms with van der Waals surface area (Å²) in [5.41, 5.74) is 0. The van der Waals surface area contributed by atoms with Crippen LogP contribution < -0.4 is 12.4 Å². The van der Waals surface area contributed by atoms with Gasteiger partial charge in [0, 0.05) is 0 Å². The maximum atomic E-state index is 2.49. The highest BCUT2D eigenvalue weighted by Gasteiger charge is 2.23. The molecule has 38 heavy (non-hydrogen) atoms. The van der Waals surface area contributed by atoms with Gasteiger partial charge in [0.25, 0.3) is 0 Å². The summed E-state index contributed by atoms with van der Waals surface area (Å²) in [5, 5.41) is 0. The van der Waals surface area contributed by atoms with E-state index in [9.17, 15) is 0 Å². The average Bonchev–Trinajstić information content (AvgIpc) is 2.91. The molecule has 0 aromatic carbocycles. The number of hydrogen-bond donors (Lipinski definition) is 0. The summed E-state index contributed by atoms with van der Waals surface area (Å²) in [6.07, 6.45) is 40.9. The third kappa shape index (κ3) is 27.8. The van der Waals surface area contributed by atoms with E-state index in [1.165, 1.54) is 210 Å². The molecule has 0 atom stereocenters. The number of halogens is 1. The third-order valence-corrected chi connectivity index (χ3v) is 9.13. The van der Waals surface area contributed by atoms with E-state index < -0.39 is 0 Å². The second-order valence-electron chi connectivity index (χ2n) is 12.7. The highest BCUT2D eigenvalue weighted by molar-refractivity contribution is 4.53. The Bertz CT molecular complexity index is 394. The van der Waals surface area contributed by atoms with Crippen LogP contribution >= 0.6 is 0 Å². The second kappa shape index (κ2) is 33.5. The molecule has 232 valence electrons. The van der Waals surface area contributed by atoms with E-state index in [0.717, 1.165) is 0 Å². The standard InChI is InChI=1S/C36H76N.ClH/c1-5-9-12-15-18-19-20-21-22-23-24-25-26-27-30-33-36-37(8-4,34-31-28-16-13-10-6-2)35-32-29-17-14-11-7-3;/h5-36H2,1-4H3;1H/q+1;/p-1. The number of hydrogen-bond acceptors (Lipinski definition) is 0. The molecule has 0 saturated carbocycles. The maximum absolute atomic E-state index is 2.49. The molecule has 0 N–H and O–H groups in total. The van der Waals surface area contributed by atoms with Gasteiger partial charge in [-0.3, -0.25) is 0 Å². The van der Waals surface area contributed by atoms with Crippen LogP contribution in [0.15, 0.2) is 0 Å². The first-order chi connectivity index (χ1) is 18.2. The van der Waals surface area contributed by atoms with Crippen LogP contribution in [0.4, 0.5) is 0 Å². The van der Waals surface area contributed by atoms with Crippen LogP contribution in [0.25, 0.3) is 0 Å². The smallest absolute Gasteiger partial charge is 0.0786 e. The van der Waals surface area contributed by atoms with Crippen LogP contribution in [-0.2, 0) is 0 Å². The van der Waals surface area contributed by atoms with E-state index in [-0.39, 0.29) is 12.4 Å². The Hall–Kier alpha value is 0.250. The van der Waals surface area contributed by atoms with E-state index in [0.29, 0.717) is 0 Å². The number of nitrogens with zero attached hydrogens (tertiary/aromatic N) is 1. The zero-order chi connectivity index (χ0) is 27.1. The molecule has 0 aliphatic rings. The number of quaternary nitrogens is 1. The Kier molecular flexibility index (Phi) is 35.6. The van der Waals surface area contributed by atoms with Gasteiger partial charge in [-0.25, -0.2) is 0 Å². The fraction of sp³-hybridized carbons (Fsp3) is 1.00. The molecule has 0 aliphatic carbocycles. The molecule has 1 nitrogen and oxygen atoms in total. The van der Waals surface area contributed by atoms with Gasteiger partial charge in [-0.2, -0.15) is 0 Å². The van der Waals surface area contributed by atoms with Crippen LogP contribution in [0, 0.1) is 0 Å². The molecule has 0 heterocycles. The molecule has 0 bridgehead atoms. The van der Waals surface area contributed by atoms with Crippen LogP contribution in [0.1, 0.15) is 207 Å². The Labute approximate surface area is 250 Å². The van der Waals surface area contributed by atoms with Crippen LogP contribution in [0.3, 0.4) is 0 Å². The van der Waals surface area contributed by atoms with Crippen LogP contribution in [-0.4, -0.2) is 30.7 Å². The molecule has 0 aliphatic heterocycles. The summed E-state index contributed by atoms with van der Waals surface area (Å²) in [5.74, 6) is 0. The van der Waals surface area contributed by atoms with Gasteiger partial charge in [-0.1, -0.05) is 162 Å². The van der Waals surface area contributed by atoms with Gasteiger partial charge in [0.05, 0.1) is 26.2 Å². The Balaban J connectivity index is 0. The molecule has 0 rings (SSSR count). The third-order valence-electron chi connectivity index (χ3n) is 9.13. The Morgan fingerprint density at radius 1 is 0.263 bits per heavy atom. The van der Waals surface area contributed by atoms with Gasteiger partial charge >= 0.3 is 0 Å². The van der Waals surface area contributed by atoms with Crippen molar-refractivity contribution < 1.29 is 16.9 Å². The van der Waals surface area contributed by atoms with Crippen molar-refractivity contribution in [3.05, 3.63) is 0 Å². The molecule has 0 saturated heterocycles. The molecule has 0 amide bonds. The molecule has 0 aromatic rings. The normalized spacial score (nSPS) is 11.7. The minimum absolute atomic E-state index is 0. The topological polar surface area (TPSA) is 0 Å². The van der Waals surface area contributed by atoms with Crippen molar-refractivity contribution in [2.45, 2.75) is 207 Å². The lowest BCUT2D eigenvalue weighted by Crippen LogP contribution is -3.00. The van der Waals surface area contributed by atoms with Crippen molar-refractivity contribution in [2.75, 3.05) is 26.2 Å². The predicted octanol–water partition coefficient (Wildman–Crippen LogP) is 9.81. The summed E-state index contributed by atoms with van der Waals surface area (Å²) in [6.45, 7) is 15.2. The van der Waals surface area contributed by atoms with Crippen molar-refractivity contribution >= 4 is 0 Å². The summed E-state index contributed by atoms with van der Waals surface area (Å²) >= 11 is 0. The minimum Gasteiger partial charge on any atom is -1.00 e.